The lowest BCUT2D eigenvalue weighted by Crippen LogP contribution is -2.16. The van der Waals surface area contributed by atoms with Crippen molar-refractivity contribution in [1.82, 2.24) is 4.98 Å². The lowest BCUT2D eigenvalue weighted by atomic mass is 9.97. The van der Waals surface area contributed by atoms with E-state index in [1.165, 1.54) is 11.3 Å². The smallest absolute Gasteiger partial charge is 0.260 e. The maximum Gasteiger partial charge on any atom is 0.260 e. The van der Waals surface area contributed by atoms with E-state index < -0.39 is 0 Å². The van der Waals surface area contributed by atoms with Gasteiger partial charge in [-0.15, -0.1) is 0 Å². The number of nitrogens with one attached hydrogen (secondary N) is 2. The molecule has 4 aromatic rings. The molecule has 1 amide bonds. The molecule has 5 heteroatoms. The predicted molar refractivity (Wildman–Crippen MR) is 131 cm³/mol. The van der Waals surface area contributed by atoms with Crippen LogP contribution in [0.3, 0.4) is 0 Å². The maximum atomic E-state index is 13.4. The monoisotopic (exact) mass is 427 g/mol. The summed E-state index contributed by atoms with van der Waals surface area (Å²) in [4.78, 5) is 18.9. The van der Waals surface area contributed by atoms with Gasteiger partial charge in [0.15, 0.2) is 5.13 Å². The van der Waals surface area contributed by atoms with Crippen LogP contribution < -0.4 is 10.6 Å². The van der Waals surface area contributed by atoms with E-state index in [2.05, 4.69) is 22.5 Å². The molecule has 31 heavy (non-hydrogen) atoms. The van der Waals surface area contributed by atoms with Gasteiger partial charge in [0.2, 0.25) is 0 Å². The zero-order valence-electron chi connectivity index (χ0n) is 17.5. The number of aromatic nitrogens is 1. The average molecular weight is 428 g/mol. The largest absolute Gasteiger partial charge is 0.384 e. The summed E-state index contributed by atoms with van der Waals surface area (Å²) in [5, 5.41) is 7.05. The highest BCUT2D eigenvalue weighted by atomic mass is 32.1. The second kappa shape index (κ2) is 10.0. The number of nitrogens with zero attached hydrogens (tertiary/aromatic N) is 1. The molecule has 4 nitrogen and oxygen atoms in total. The van der Waals surface area contributed by atoms with Crippen molar-refractivity contribution in [1.29, 1.82) is 0 Å². The first kappa shape index (κ1) is 20.8. The van der Waals surface area contributed by atoms with Crippen molar-refractivity contribution in [3.63, 3.8) is 0 Å². The molecule has 0 unspecified atom stereocenters. The second-order valence-corrected chi connectivity index (χ2v) is 8.25. The zero-order valence-corrected chi connectivity index (χ0v) is 18.3. The van der Waals surface area contributed by atoms with E-state index >= 15 is 0 Å². The van der Waals surface area contributed by atoms with Crippen LogP contribution in [0.1, 0.15) is 30.1 Å². The molecule has 0 aliphatic heterocycles. The van der Waals surface area contributed by atoms with Gasteiger partial charge in [0.25, 0.3) is 5.91 Å². The second-order valence-electron chi connectivity index (χ2n) is 7.22. The third kappa shape index (κ3) is 5.01. The van der Waals surface area contributed by atoms with Crippen LogP contribution >= 0.6 is 11.3 Å². The molecule has 0 radical (unpaired) electrons. The quantitative estimate of drug-likeness (QED) is 0.299. The van der Waals surface area contributed by atoms with Crippen LogP contribution in [0.5, 0.6) is 0 Å². The maximum absolute atomic E-state index is 13.4. The van der Waals surface area contributed by atoms with Gasteiger partial charge >= 0.3 is 0 Å². The van der Waals surface area contributed by atoms with Crippen molar-refractivity contribution in [2.45, 2.75) is 19.8 Å². The van der Waals surface area contributed by atoms with Crippen LogP contribution in [0.4, 0.5) is 10.8 Å². The first-order valence-corrected chi connectivity index (χ1v) is 11.3. The Morgan fingerprint density at radius 3 is 2.32 bits per heavy atom. The van der Waals surface area contributed by atoms with Gasteiger partial charge in [-0.2, -0.15) is 0 Å². The molecule has 0 spiro atoms. The fourth-order valence-corrected chi connectivity index (χ4v) is 4.25. The Morgan fingerprint density at radius 2 is 1.61 bits per heavy atom. The summed E-state index contributed by atoms with van der Waals surface area (Å²) >= 11 is 1.47. The molecule has 1 heterocycles. The van der Waals surface area contributed by atoms with Crippen LogP contribution in [0.2, 0.25) is 0 Å². The zero-order chi connectivity index (χ0) is 21.5. The highest BCUT2D eigenvalue weighted by Gasteiger charge is 2.19. The van der Waals surface area contributed by atoms with Crippen molar-refractivity contribution in [2.24, 2.45) is 0 Å². The summed E-state index contributed by atoms with van der Waals surface area (Å²) in [7, 11) is 0. The lowest BCUT2D eigenvalue weighted by Gasteiger charge is -2.16. The van der Waals surface area contributed by atoms with Crippen LogP contribution in [-0.4, -0.2) is 17.4 Å². The molecule has 0 saturated heterocycles. The van der Waals surface area contributed by atoms with Crippen molar-refractivity contribution < 1.29 is 4.79 Å². The molecule has 0 bridgehead atoms. The van der Waals surface area contributed by atoms with Crippen LogP contribution in [0.25, 0.3) is 21.6 Å². The minimum atomic E-state index is -0.160. The van der Waals surface area contributed by atoms with E-state index in [-0.39, 0.29) is 5.91 Å². The van der Waals surface area contributed by atoms with Crippen LogP contribution in [-0.2, 0) is 0 Å². The Morgan fingerprint density at radius 1 is 0.903 bits per heavy atom. The number of hydrogen-bond donors (Lipinski definition) is 2. The highest BCUT2D eigenvalue weighted by molar-refractivity contribution is 7.19. The Balaban J connectivity index is 1.65. The van der Waals surface area contributed by atoms with Crippen molar-refractivity contribution in [2.75, 3.05) is 17.2 Å². The number of unbranched alkanes of at least 4 members (excludes halogenated alkanes) is 1. The number of benzene rings is 3. The molecule has 2 N–H and O–H groups in total. The molecule has 4 rings (SSSR count). The average Bonchev–Trinajstić information content (AvgIpc) is 3.28. The Kier molecular flexibility index (Phi) is 6.75. The standard InChI is InChI=1S/C26H25N3OS/c1-2-3-17-27-22-16-10-15-21(19-11-6-4-7-12-19)24(22)25(30)29-26-28-18-23(31-26)20-13-8-5-9-14-20/h4-16,18,27H,2-3,17H2,1H3,(H,28,29,30). The molecule has 0 aliphatic carbocycles. The van der Waals surface area contributed by atoms with E-state index in [1.807, 2.05) is 78.9 Å². The molecule has 156 valence electrons. The number of thiazole rings is 1. The third-order valence-corrected chi connectivity index (χ3v) is 5.97. The van der Waals surface area contributed by atoms with E-state index in [9.17, 15) is 4.79 Å². The number of rotatable bonds is 8. The first-order valence-electron chi connectivity index (χ1n) is 10.5. The SMILES string of the molecule is CCCCNc1cccc(-c2ccccc2)c1C(=O)Nc1ncc(-c2ccccc2)s1. The van der Waals surface area contributed by atoms with E-state index in [4.69, 9.17) is 0 Å². The van der Waals surface area contributed by atoms with Crippen molar-refractivity contribution in [3.05, 3.63) is 90.6 Å². The third-order valence-electron chi connectivity index (χ3n) is 5.01. The molecule has 3 aromatic carbocycles. The Labute approximate surface area is 187 Å². The number of anilines is 2. The van der Waals surface area contributed by atoms with Crippen molar-refractivity contribution >= 4 is 28.1 Å². The van der Waals surface area contributed by atoms with Gasteiger partial charge in [-0.3, -0.25) is 10.1 Å². The van der Waals surface area contributed by atoms with Gasteiger partial charge in [-0.25, -0.2) is 4.98 Å². The number of carbonyl (C=O) groups is 1. The molecule has 0 atom stereocenters. The first-order chi connectivity index (χ1) is 15.3. The van der Waals surface area contributed by atoms with Crippen molar-refractivity contribution in [3.8, 4) is 21.6 Å². The summed E-state index contributed by atoms with van der Waals surface area (Å²) in [6.07, 6.45) is 3.94. The summed E-state index contributed by atoms with van der Waals surface area (Å²) in [5.41, 5.74) is 4.48. The molecule has 0 fully saturated rings. The number of amides is 1. The summed E-state index contributed by atoms with van der Waals surface area (Å²) in [5.74, 6) is -0.160. The van der Waals surface area contributed by atoms with Crippen LogP contribution in [0, 0.1) is 0 Å². The Hall–Kier alpha value is -3.44. The molecule has 0 saturated carbocycles. The van der Waals surface area contributed by atoms with Gasteiger partial charge in [0, 0.05) is 18.4 Å². The fraction of sp³-hybridized carbons (Fsp3) is 0.154. The highest BCUT2D eigenvalue weighted by Crippen LogP contribution is 2.32. The summed E-state index contributed by atoms with van der Waals surface area (Å²) in [6.45, 7) is 2.98. The van der Waals surface area contributed by atoms with E-state index in [0.717, 1.165) is 46.6 Å². The Bertz CT molecular complexity index is 1140. The van der Waals surface area contributed by atoms with Gasteiger partial charge in [0.05, 0.1) is 10.4 Å². The van der Waals surface area contributed by atoms with Gasteiger partial charge < -0.3 is 5.32 Å². The molecule has 1 aromatic heterocycles. The van der Waals surface area contributed by atoms with Gasteiger partial charge in [0.1, 0.15) is 0 Å². The molecular weight excluding hydrogens is 402 g/mol. The minimum Gasteiger partial charge on any atom is -0.384 e. The summed E-state index contributed by atoms with van der Waals surface area (Å²) in [6, 6.07) is 26.0. The minimum absolute atomic E-state index is 0.160. The fourth-order valence-electron chi connectivity index (χ4n) is 3.43. The van der Waals surface area contributed by atoms with Crippen LogP contribution in [0.15, 0.2) is 85.1 Å². The molecular formula is C26H25N3OS. The summed E-state index contributed by atoms with van der Waals surface area (Å²) < 4.78 is 0. The predicted octanol–water partition coefficient (Wildman–Crippen LogP) is 6.94. The number of hydrogen-bond acceptors (Lipinski definition) is 4. The van der Waals surface area contributed by atoms with E-state index in [1.54, 1.807) is 6.20 Å². The topological polar surface area (TPSA) is 54.0 Å². The molecule has 0 aliphatic rings. The van der Waals surface area contributed by atoms with Gasteiger partial charge in [-0.05, 0) is 29.2 Å². The van der Waals surface area contributed by atoms with E-state index in [0.29, 0.717) is 10.7 Å². The normalized spacial score (nSPS) is 10.6. The number of carbonyl (C=O) groups excluding carboxylic acids is 1. The van der Waals surface area contributed by atoms with Gasteiger partial charge in [-0.1, -0.05) is 97.5 Å². The lowest BCUT2D eigenvalue weighted by molar-refractivity contribution is 0.102.